The maximum atomic E-state index is 9.43. The second-order valence-corrected chi connectivity index (χ2v) is 14.2. The molecule has 2 nitrogen and oxygen atoms in total. The Kier molecular flexibility index (Phi) is 6.75. The van der Waals surface area contributed by atoms with Crippen LogP contribution in [0.4, 0.5) is 17.1 Å². The third-order valence-corrected chi connectivity index (χ3v) is 11.7. The molecular weight excluding hydrogens is 569 g/mol. The van der Waals surface area contributed by atoms with Crippen LogP contribution in [0.25, 0.3) is 21.9 Å². The Morgan fingerprint density at radius 3 is 1.68 bits per heavy atom. The van der Waals surface area contributed by atoms with Gasteiger partial charge in [-0.15, -0.1) is 0 Å². The van der Waals surface area contributed by atoms with Crippen molar-refractivity contribution in [1.82, 2.24) is 0 Å². The Hall–Kier alpha value is -5.13. The molecule has 0 unspecified atom stereocenters. The van der Waals surface area contributed by atoms with E-state index in [1.165, 1.54) is 71.1 Å². The van der Waals surface area contributed by atoms with E-state index < -0.39 is 0 Å². The van der Waals surface area contributed by atoms with Crippen molar-refractivity contribution in [2.75, 3.05) is 4.90 Å². The maximum absolute atomic E-state index is 9.43. The topological polar surface area (TPSA) is 27.0 Å². The van der Waals surface area contributed by atoms with Gasteiger partial charge in [0.2, 0.25) is 0 Å². The zero-order valence-electron chi connectivity index (χ0n) is 26.6. The average molecular weight is 607 g/mol. The first kappa shape index (κ1) is 28.1. The lowest BCUT2D eigenvalue weighted by molar-refractivity contribution is -0.0417. The van der Waals surface area contributed by atoms with E-state index in [2.05, 4.69) is 138 Å². The van der Waals surface area contributed by atoms with E-state index in [0.717, 1.165) is 23.0 Å². The number of nitrogens with zero attached hydrogens (tertiary/aromatic N) is 2. The van der Waals surface area contributed by atoms with Gasteiger partial charge in [-0.1, -0.05) is 91.0 Å². The Balaban J connectivity index is 1.15. The van der Waals surface area contributed by atoms with Gasteiger partial charge in [0.15, 0.2) is 0 Å². The van der Waals surface area contributed by atoms with Gasteiger partial charge in [0.05, 0.1) is 11.6 Å². The molecule has 0 saturated heterocycles. The molecule has 0 heterocycles. The molecule has 0 N–H and O–H groups in total. The van der Waals surface area contributed by atoms with Crippen LogP contribution in [0, 0.1) is 35.0 Å². The number of hydrogen-bond acceptors (Lipinski definition) is 2. The Labute approximate surface area is 277 Å². The highest BCUT2D eigenvalue weighted by atomic mass is 15.1. The molecule has 0 aliphatic heterocycles. The van der Waals surface area contributed by atoms with Crippen molar-refractivity contribution in [2.24, 2.45) is 23.7 Å². The van der Waals surface area contributed by atoms with E-state index >= 15 is 0 Å². The first-order chi connectivity index (χ1) is 23.2. The molecular formula is C45H38N2. The Morgan fingerprint density at radius 2 is 1.04 bits per heavy atom. The predicted octanol–water partition coefficient (Wildman–Crippen LogP) is 11.6. The molecule has 4 aliphatic carbocycles. The Morgan fingerprint density at radius 1 is 0.489 bits per heavy atom. The third-order valence-electron chi connectivity index (χ3n) is 11.7. The van der Waals surface area contributed by atoms with Gasteiger partial charge in [0, 0.05) is 22.5 Å². The molecule has 6 aromatic carbocycles. The molecule has 0 atom stereocenters. The number of anilines is 3. The highest BCUT2D eigenvalue weighted by Crippen LogP contribution is 2.65. The maximum Gasteiger partial charge on any atom is 0.0991 e. The fourth-order valence-corrected chi connectivity index (χ4v) is 9.98. The van der Waals surface area contributed by atoms with E-state index in [0.29, 0.717) is 17.4 Å². The SMILES string of the molecule is N#Cc1cccc(-c2ccc3cc(C4(c5ccc(N(c6ccccc6)c6ccccc6)cc5)C5CC6CC(C5)CC4C6)ccc3c2)c1. The molecule has 0 spiro atoms. The predicted molar refractivity (Wildman–Crippen MR) is 193 cm³/mol. The molecule has 0 amide bonds. The molecule has 4 bridgehead atoms. The van der Waals surface area contributed by atoms with Crippen molar-refractivity contribution < 1.29 is 0 Å². The second kappa shape index (κ2) is 11.3. The third kappa shape index (κ3) is 4.68. The van der Waals surface area contributed by atoms with Crippen LogP contribution in [0.5, 0.6) is 0 Å². The number of para-hydroxylation sites is 2. The van der Waals surface area contributed by atoms with Crippen molar-refractivity contribution >= 4 is 27.8 Å². The largest absolute Gasteiger partial charge is 0.311 e. The number of fused-ring (bicyclic) bond motifs is 1. The normalized spacial score (nSPS) is 24.2. The van der Waals surface area contributed by atoms with Crippen LogP contribution in [-0.2, 0) is 5.41 Å². The van der Waals surface area contributed by atoms with Crippen LogP contribution in [0.3, 0.4) is 0 Å². The van der Waals surface area contributed by atoms with Crippen molar-refractivity contribution in [3.05, 3.63) is 162 Å². The van der Waals surface area contributed by atoms with Gasteiger partial charge < -0.3 is 4.90 Å². The van der Waals surface area contributed by atoms with Crippen molar-refractivity contribution in [1.29, 1.82) is 5.26 Å². The summed E-state index contributed by atoms with van der Waals surface area (Å²) in [5.41, 5.74) is 9.49. The molecule has 2 heteroatoms. The summed E-state index contributed by atoms with van der Waals surface area (Å²) in [4.78, 5) is 2.37. The van der Waals surface area contributed by atoms with Crippen molar-refractivity contribution in [3.8, 4) is 17.2 Å². The fraction of sp³-hybridized carbons (Fsp3) is 0.222. The van der Waals surface area contributed by atoms with Crippen LogP contribution in [0.15, 0.2) is 146 Å². The molecule has 228 valence electrons. The molecule has 4 aliphatic rings. The first-order valence-electron chi connectivity index (χ1n) is 17.2. The van der Waals surface area contributed by atoms with E-state index in [-0.39, 0.29) is 5.41 Å². The fourth-order valence-electron chi connectivity index (χ4n) is 9.98. The number of benzene rings is 6. The van der Waals surface area contributed by atoms with Crippen LogP contribution < -0.4 is 4.90 Å². The molecule has 6 aromatic rings. The summed E-state index contributed by atoms with van der Waals surface area (Å²) >= 11 is 0. The van der Waals surface area contributed by atoms with Crippen LogP contribution in [0.2, 0.25) is 0 Å². The molecule has 47 heavy (non-hydrogen) atoms. The lowest BCUT2D eigenvalue weighted by atomic mass is 9.42. The summed E-state index contributed by atoms with van der Waals surface area (Å²) in [6.45, 7) is 0. The molecule has 4 fully saturated rings. The standard InChI is InChI=1S/C45H38N2/c46-30-31-8-7-9-34(23-31)35-14-15-37-29-39(17-16-36(37)28-35)45(40-24-32-22-33(26-40)27-41(45)25-32)38-18-20-44(21-19-38)47(42-10-3-1-4-11-42)43-12-5-2-6-13-43/h1-21,23,28-29,32-33,40-41H,22,24-27H2. The minimum absolute atomic E-state index is 0.0320. The summed E-state index contributed by atoms with van der Waals surface area (Å²) in [6, 6.07) is 55.4. The quantitative estimate of drug-likeness (QED) is 0.189. The molecule has 4 saturated carbocycles. The van der Waals surface area contributed by atoms with Gasteiger partial charge in [-0.2, -0.15) is 5.26 Å². The van der Waals surface area contributed by atoms with Crippen LogP contribution >= 0.6 is 0 Å². The van der Waals surface area contributed by atoms with E-state index in [1.54, 1.807) is 0 Å². The summed E-state index contributed by atoms with van der Waals surface area (Å²) in [6.07, 6.45) is 6.84. The Bertz CT molecular complexity index is 2040. The van der Waals surface area contributed by atoms with Crippen LogP contribution in [-0.4, -0.2) is 0 Å². The summed E-state index contributed by atoms with van der Waals surface area (Å²) in [5.74, 6) is 3.14. The number of rotatable bonds is 6. The van der Waals surface area contributed by atoms with Gasteiger partial charge in [-0.25, -0.2) is 0 Å². The van der Waals surface area contributed by atoms with Crippen molar-refractivity contribution in [3.63, 3.8) is 0 Å². The van der Waals surface area contributed by atoms with E-state index in [1.807, 2.05) is 18.2 Å². The monoisotopic (exact) mass is 606 g/mol. The highest BCUT2D eigenvalue weighted by Gasteiger charge is 2.58. The van der Waals surface area contributed by atoms with Gasteiger partial charge in [0.25, 0.3) is 0 Å². The van der Waals surface area contributed by atoms with Gasteiger partial charge in [-0.05, 0) is 143 Å². The molecule has 10 rings (SSSR count). The second-order valence-electron chi connectivity index (χ2n) is 14.2. The smallest absolute Gasteiger partial charge is 0.0991 e. The lowest BCUT2D eigenvalue weighted by Gasteiger charge is -2.62. The lowest BCUT2D eigenvalue weighted by Crippen LogP contribution is -2.56. The zero-order valence-corrected chi connectivity index (χ0v) is 26.6. The number of hydrogen-bond donors (Lipinski definition) is 0. The highest BCUT2D eigenvalue weighted by molar-refractivity contribution is 5.88. The van der Waals surface area contributed by atoms with Gasteiger partial charge in [-0.3, -0.25) is 0 Å². The molecule has 0 aromatic heterocycles. The first-order valence-corrected chi connectivity index (χ1v) is 17.2. The zero-order chi connectivity index (χ0) is 31.4. The van der Waals surface area contributed by atoms with Gasteiger partial charge >= 0.3 is 0 Å². The number of nitriles is 1. The van der Waals surface area contributed by atoms with E-state index in [9.17, 15) is 5.26 Å². The summed E-state index contributed by atoms with van der Waals surface area (Å²) in [7, 11) is 0. The minimum atomic E-state index is 0.0320. The summed E-state index contributed by atoms with van der Waals surface area (Å²) in [5, 5.41) is 12.0. The molecule has 0 radical (unpaired) electrons. The summed E-state index contributed by atoms with van der Waals surface area (Å²) < 4.78 is 0. The van der Waals surface area contributed by atoms with Gasteiger partial charge in [0.1, 0.15) is 0 Å². The van der Waals surface area contributed by atoms with Crippen molar-refractivity contribution in [2.45, 2.75) is 37.5 Å². The van der Waals surface area contributed by atoms with E-state index in [4.69, 9.17) is 0 Å². The average Bonchev–Trinajstić information content (AvgIpc) is 3.13. The van der Waals surface area contributed by atoms with Crippen LogP contribution in [0.1, 0.15) is 48.8 Å². The minimum Gasteiger partial charge on any atom is -0.311 e.